The highest BCUT2D eigenvalue weighted by molar-refractivity contribution is 5.88. The molecular weight excluding hydrogens is 350 g/mol. The van der Waals surface area contributed by atoms with Gasteiger partial charge in [-0.05, 0) is 48.9 Å². The number of rotatable bonds is 4. The van der Waals surface area contributed by atoms with E-state index in [9.17, 15) is 10.1 Å². The Morgan fingerprint density at radius 3 is 2.50 bits per heavy atom. The van der Waals surface area contributed by atoms with Gasteiger partial charge in [-0.1, -0.05) is 36.4 Å². The van der Waals surface area contributed by atoms with E-state index in [-0.39, 0.29) is 10.6 Å². The molecule has 0 aliphatic rings. The molecule has 5 heteroatoms. The molecule has 0 spiro atoms. The molecule has 0 fully saturated rings. The lowest BCUT2D eigenvalue weighted by molar-refractivity contribution is -0.384. The summed E-state index contributed by atoms with van der Waals surface area (Å²) in [4.78, 5) is 15.3. The van der Waals surface area contributed by atoms with Gasteiger partial charge in [0.2, 0.25) is 0 Å². The zero-order valence-electron chi connectivity index (χ0n) is 15.7. The van der Waals surface area contributed by atoms with Gasteiger partial charge in [-0.25, -0.2) is 0 Å². The van der Waals surface area contributed by atoms with Crippen LogP contribution in [-0.2, 0) is 0 Å². The van der Waals surface area contributed by atoms with Gasteiger partial charge in [0.25, 0.3) is 5.69 Å². The topological polar surface area (TPSA) is 60.4 Å². The summed E-state index contributed by atoms with van der Waals surface area (Å²) in [6.07, 6.45) is 1.85. The number of aryl methyl sites for hydroxylation is 1. The van der Waals surface area contributed by atoms with Gasteiger partial charge in [0.1, 0.15) is 0 Å². The first kappa shape index (κ1) is 17.7. The molecule has 0 radical (unpaired) electrons. The lowest BCUT2D eigenvalue weighted by Gasteiger charge is -2.09. The standard InChI is InChI=1S/C23H19N3O2/c1-16-12-20(15-24-21-11-10-18-6-3-4-7-19(18)13-21)17(2)25(16)22-8-5-9-23(14-22)26(27)28/h3-15H,1-2H3. The van der Waals surface area contributed by atoms with Crippen molar-refractivity contribution in [1.82, 2.24) is 4.57 Å². The number of hydrogen-bond donors (Lipinski definition) is 0. The highest BCUT2D eigenvalue weighted by Gasteiger charge is 2.12. The third-order valence-corrected chi connectivity index (χ3v) is 4.85. The average Bonchev–Trinajstić information content (AvgIpc) is 2.99. The lowest BCUT2D eigenvalue weighted by atomic mass is 10.1. The smallest absolute Gasteiger partial charge is 0.271 e. The Kier molecular flexibility index (Phi) is 4.49. The van der Waals surface area contributed by atoms with Crippen molar-refractivity contribution in [2.45, 2.75) is 13.8 Å². The van der Waals surface area contributed by atoms with Crippen molar-refractivity contribution in [3.05, 3.63) is 99.9 Å². The first-order chi connectivity index (χ1) is 13.5. The summed E-state index contributed by atoms with van der Waals surface area (Å²) < 4.78 is 2.01. The van der Waals surface area contributed by atoms with Gasteiger partial charge in [-0.3, -0.25) is 15.1 Å². The van der Waals surface area contributed by atoms with Gasteiger partial charge < -0.3 is 4.57 Å². The van der Waals surface area contributed by atoms with E-state index in [4.69, 9.17) is 0 Å². The summed E-state index contributed by atoms with van der Waals surface area (Å²) in [6.45, 7) is 3.98. The zero-order valence-corrected chi connectivity index (χ0v) is 15.7. The summed E-state index contributed by atoms with van der Waals surface area (Å²) in [7, 11) is 0. The van der Waals surface area contributed by atoms with Crippen LogP contribution in [0.25, 0.3) is 16.5 Å². The Hall–Kier alpha value is -3.73. The first-order valence-electron chi connectivity index (χ1n) is 8.99. The number of nitrogens with zero attached hydrogens (tertiary/aromatic N) is 3. The average molecular weight is 369 g/mol. The van der Waals surface area contributed by atoms with Gasteiger partial charge in [-0.2, -0.15) is 0 Å². The molecule has 4 rings (SSSR count). The van der Waals surface area contributed by atoms with Crippen molar-refractivity contribution in [3.8, 4) is 5.69 Å². The van der Waals surface area contributed by atoms with E-state index in [0.29, 0.717) is 0 Å². The quantitative estimate of drug-likeness (QED) is 0.255. The fourth-order valence-corrected chi connectivity index (χ4v) is 3.46. The molecule has 0 aliphatic carbocycles. The van der Waals surface area contributed by atoms with Crippen molar-refractivity contribution >= 4 is 28.4 Å². The highest BCUT2D eigenvalue weighted by atomic mass is 16.6. The van der Waals surface area contributed by atoms with E-state index in [1.54, 1.807) is 12.1 Å². The van der Waals surface area contributed by atoms with Gasteiger partial charge in [0.15, 0.2) is 0 Å². The van der Waals surface area contributed by atoms with Crippen LogP contribution in [0.3, 0.4) is 0 Å². The Morgan fingerprint density at radius 2 is 1.71 bits per heavy atom. The Balaban J connectivity index is 1.69. The predicted octanol–water partition coefficient (Wildman–Crippen LogP) is 5.91. The van der Waals surface area contributed by atoms with Gasteiger partial charge in [-0.15, -0.1) is 0 Å². The fourth-order valence-electron chi connectivity index (χ4n) is 3.46. The Bertz CT molecular complexity index is 1220. The Labute approximate surface area is 162 Å². The summed E-state index contributed by atoms with van der Waals surface area (Å²) in [5, 5.41) is 13.4. The van der Waals surface area contributed by atoms with Gasteiger partial charge in [0, 0.05) is 35.3 Å². The largest absolute Gasteiger partial charge is 0.318 e. The molecule has 138 valence electrons. The fraction of sp³-hybridized carbons (Fsp3) is 0.0870. The van der Waals surface area contributed by atoms with Crippen LogP contribution in [0, 0.1) is 24.0 Å². The minimum atomic E-state index is -0.375. The van der Waals surface area contributed by atoms with E-state index in [1.807, 2.05) is 55.0 Å². The molecule has 1 aromatic heterocycles. The molecular formula is C23H19N3O2. The maximum Gasteiger partial charge on any atom is 0.271 e. The van der Waals surface area contributed by atoms with Crippen LogP contribution < -0.4 is 0 Å². The predicted molar refractivity (Wildman–Crippen MR) is 113 cm³/mol. The van der Waals surface area contributed by atoms with Crippen LogP contribution in [0.4, 0.5) is 11.4 Å². The molecule has 0 unspecified atom stereocenters. The molecule has 4 aromatic rings. The first-order valence-corrected chi connectivity index (χ1v) is 8.99. The second-order valence-electron chi connectivity index (χ2n) is 6.73. The molecule has 0 atom stereocenters. The third-order valence-electron chi connectivity index (χ3n) is 4.85. The van der Waals surface area contributed by atoms with Crippen molar-refractivity contribution in [2.75, 3.05) is 0 Å². The molecule has 3 aromatic carbocycles. The lowest BCUT2D eigenvalue weighted by Crippen LogP contribution is -2.00. The van der Waals surface area contributed by atoms with Crippen LogP contribution in [0.2, 0.25) is 0 Å². The summed E-state index contributed by atoms with van der Waals surface area (Å²) >= 11 is 0. The van der Waals surface area contributed by atoms with Crippen molar-refractivity contribution in [3.63, 3.8) is 0 Å². The number of non-ortho nitro benzene ring substituents is 1. The normalized spacial score (nSPS) is 11.4. The number of aromatic nitrogens is 1. The van der Waals surface area contributed by atoms with Crippen LogP contribution in [-0.4, -0.2) is 15.7 Å². The molecule has 0 bridgehead atoms. The van der Waals surface area contributed by atoms with E-state index >= 15 is 0 Å². The number of benzene rings is 3. The number of hydrogen-bond acceptors (Lipinski definition) is 3. The second-order valence-corrected chi connectivity index (χ2v) is 6.73. The number of aliphatic imine (C=N–C) groups is 1. The maximum atomic E-state index is 11.1. The summed E-state index contributed by atoms with van der Waals surface area (Å²) in [5.74, 6) is 0. The van der Waals surface area contributed by atoms with Crippen LogP contribution >= 0.6 is 0 Å². The van der Waals surface area contributed by atoms with Crippen molar-refractivity contribution in [1.29, 1.82) is 0 Å². The third kappa shape index (κ3) is 3.30. The molecule has 1 heterocycles. The molecule has 5 nitrogen and oxygen atoms in total. The molecule has 0 saturated carbocycles. The number of nitro benzene ring substituents is 1. The SMILES string of the molecule is Cc1cc(C=Nc2ccc3ccccc3c2)c(C)n1-c1cccc([N+](=O)[O-])c1. The molecule has 0 aliphatic heterocycles. The van der Waals surface area contributed by atoms with Crippen LogP contribution in [0.15, 0.2) is 77.8 Å². The molecule has 0 saturated heterocycles. The van der Waals surface area contributed by atoms with Crippen LogP contribution in [0.5, 0.6) is 0 Å². The number of fused-ring (bicyclic) bond motifs is 1. The van der Waals surface area contributed by atoms with E-state index in [1.165, 1.54) is 11.5 Å². The zero-order chi connectivity index (χ0) is 19.7. The highest BCUT2D eigenvalue weighted by Crippen LogP contribution is 2.24. The monoisotopic (exact) mass is 369 g/mol. The molecule has 0 N–H and O–H groups in total. The minimum absolute atomic E-state index is 0.0800. The van der Waals surface area contributed by atoms with E-state index in [2.05, 4.69) is 29.3 Å². The number of nitro groups is 1. The molecule has 28 heavy (non-hydrogen) atoms. The summed E-state index contributed by atoms with van der Waals surface area (Å²) in [6, 6.07) is 23.0. The summed E-state index contributed by atoms with van der Waals surface area (Å²) in [5.41, 5.74) is 4.71. The van der Waals surface area contributed by atoms with Crippen molar-refractivity contribution in [2.24, 2.45) is 4.99 Å². The van der Waals surface area contributed by atoms with Gasteiger partial charge >= 0.3 is 0 Å². The minimum Gasteiger partial charge on any atom is -0.318 e. The Morgan fingerprint density at radius 1 is 0.929 bits per heavy atom. The van der Waals surface area contributed by atoms with Crippen molar-refractivity contribution < 1.29 is 4.92 Å². The second kappa shape index (κ2) is 7.12. The molecule has 0 amide bonds. The van der Waals surface area contributed by atoms with Crippen LogP contribution in [0.1, 0.15) is 17.0 Å². The van der Waals surface area contributed by atoms with E-state index in [0.717, 1.165) is 33.7 Å². The maximum absolute atomic E-state index is 11.1. The van der Waals surface area contributed by atoms with E-state index < -0.39 is 0 Å². The van der Waals surface area contributed by atoms with Gasteiger partial charge in [0.05, 0.1) is 16.3 Å².